The van der Waals surface area contributed by atoms with Crippen molar-refractivity contribution in [1.29, 1.82) is 4.78 Å². The van der Waals surface area contributed by atoms with Gasteiger partial charge < -0.3 is 0 Å². The predicted octanol–water partition coefficient (Wildman–Crippen LogP) is 0.472. The highest BCUT2D eigenvalue weighted by molar-refractivity contribution is 7.92. The van der Waals surface area contributed by atoms with E-state index in [-0.39, 0.29) is 16.6 Å². The number of hydrogen-bond donors (Lipinski definition) is 2. The molecule has 0 bridgehead atoms. The lowest BCUT2D eigenvalue weighted by atomic mass is 10.5. The molecule has 0 spiro atoms. The van der Waals surface area contributed by atoms with Gasteiger partial charge in [-0.05, 0) is 6.42 Å². The zero-order valence-corrected chi connectivity index (χ0v) is 10.4. The summed E-state index contributed by atoms with van der Waals surface area (Å²) in [5, 5.41) is -0.0197. The largest absolute Gasteiger partial charge is 0.327 e. The second-order valence-corrected chi connectivity index (χ2v) is 5.88. The third-order valence-electron chi connectivity index (χ3n) is 2.43. The summed E-state index contributed by atoms with van der Waals surface area (Å²) in [4.78, 5) is 21.8. The Morgan fingerprint density at radius 1 is 1.59 bits per heavy atom. The molecule has 7 nitrogen and oxygen atoms in total. The molecule has 2 heterocycles. The maximum Gasteiger partial charge on any atom is 0.327 e. The summed E-state index contributed by atoms with van der Waals surface area (Å²) < 4.78 is 21.0. The van der Waals surface area contributed by atoms with Crippen LogP contribution >= 0.6 is 0 Å². The van der Waals surface area contributed by atoms with Gasteiger partial charge in [0.2, 0.25) is 5.16 Å². The van der Waals surface area contributed by atoms with Gasteiger partial charge in [-0.2, -0.15) is 4.98 Å². The zero-order chi connectivity index (χ0) is 12.6. The number of imidazole rings is 1. The van der Waals surface area contributed by atoms with Crippen molar-refractivity contribution in [2.75, 3.05) is 5.75 Å². The first kappa shape index (κ1) is 11.8. The van der Waals surface area contributed by atoms with Gasteiger partial charge in [-0.1, -0.05) is 6.92 Å². The fourth-order valence-electron chi connectivity index (χ4n) is 1.53. The molecule has 0 radical (unpaired) electrons. The predicted molar refractivity (Wildman–Crippen MR) is 63.4 cm³/mol. The van der Waals surface area contributed by atoms with Gasteiger partial charge in [0.25, 0.3) is 0 Å². The van der Waals surface area contributed by atoms with Gasteiger partial charge in [0, 0.05) is 12.8 Å². The highest BCUT2D eigenvalue weighted by Crippen LogP contribution is 2.11. The lowest BCUT2D eigenvalue weighted by Gasteiger charge is -2.03. The lowest BCUT2D eigenvalue weighted by Crippen LogP contribution is -2.11. The highest BCUT2D eigenvalue weighted by Gasteiger charge is 2.15. The first-order chi connectivity index (χ1) is 7.95. The fourth-order valence-corrected chi connectivity index (χ4v) is 2.75. The second-order valence-electron chi connectivity index (χ2n) is 3.75. The van der Waals surface area contributed by atoms with Crippen LogP contribution in [0.25, 0.3) is 11.2 Å². The Bertz CT molecular complexity index is 713. The smallest absolute Gasteiger partial charge is 0.292 e. The summed E-state index contributed by atoms with van der Waals surface area (Å²) in [5.41, 5.74) is 0.544. The lowest BCUT2D eigenvalue weighted by molar-refractivity contribution is 0.665. The minimum Gasteiger partial charge on any atom is -0.292 e. The summed E-state index contributed by atoms with van der Waals surface area (Å²) in [5.74, 6) is 0.218. The van der Waals surface area contributed by atoms with E-state index in [9.17, 15) is 9.00 Å². The van der Waals surface area contributed by atoms with Gasteiger partial charge in [0.1, 0.15) is 15.2 Å². The Morgan fingerprint density at radius 3 is 2.94 bits per heavy atom. The molecule has 0 saturated heterocycles. The summed E-state index contributed by atoms with van der Waals surface area (Å²) in [6.45, 7) is 1.84. The Hall–Kier alpha value is -1.70. The molecule has 92 valence electrons. The van der Waals surface area contributed by atoms with Crippen molar-refractivity contribution in [3.63, 3.8) is 0 Å². The number of H-pyrrole nitrogens is 1. The fraction of sp³-hybridized carbons (Fsp3) is 0.444. The van der Waals surface area contributed by atoms with Crippen molar-refractivity contribution in [2.45, 2.75) is 18.5 Å². The molecule has 0 aromatic carbocycles. The van der Waals surface area contributed by atoms with Crippen LogP contribution in [0.1, 0.15) is 13.3 Å². The van der Waals surface area contributed by atoms with Crippen molar-refractivity contribution >= 4 is 20.9 Å². The second kappa shape index (κ2) is 3.95. The van der Waals surface area contributed by atoms with Crippen molar-refractivity contribution in [3.05, 3.63) is 16.7 Å². The van der Waals surface area contributed by atoms with Gasteiger partial charge in [-0.15, -0.1) is 0 Å². The van der Waals surface area contributed by atoms with Crippen molar-refractivity contribution in [2.24, 2.45) is 7.05 Å². The van der Waals surface area contributed by atoms with E-state index in [0.717, 1.165) is 0 Å². The van der Waals surface area contributed by atoms with Gasteiger partial charge in [0.05, 0.1) is 6.20 Å². The Morgan fingerprint density at radius 2 is 2.29 bits per heavy atom. The molecule has 0 aliphatic carbocycles. The van der Waals surface area contributed by atoms with Crippen LogP contribution in [0, 0.1) is 4.78 Å². The number of aryl methyl sites for hydroxylation is 1. The van der Waals surface area contributed by atoms with Crippen LogP contribution in [0.5, 0.6) is 0 Å². The maximum atomic E-state index is 12.0. The number of fused-ring (bicyclic) bond motifs is 1. The molecular weight excluding hydrogens is 242 g/mol. The SMILES string of the molecule is CCCS(=N)(=O)c1ncc2c(n1)[nH]c(=O)n2C. The third-order valence-corrected chi connectivity index (χ3v) is 4.19. The van der Waals surface area contributed by atoms with E-state index in [4.69, 9.17) is 4.78 Å². The summed E-state index contributed by atoms with van der Waals surface area (Å²) >= 11 is 0. The molecule has 1 atom stereocenters. The van der Waals surface area contributed by atoms with Crippen LogP contribution in [0.3, 0.4) is 0 Å². The summed E-state index contributed by atoms with van der Waals surface area (Å²) in [6, 6.07) is 0. The Balaban J connectivity index is 2.64. The molecule has 1 unspecified atom stereocenters. The number of nitrogens with zero attached hydrogens (tertiary/aromatic N) is 3. The van der Waals surface area contributed by atoms with Crippen molar-refractivity contribution < 1.29 is 4.21 Å². The topological polar surface area (TPSA) is 104 Å². The minimum atomic E-state index is -2.96. The molecule has 2 rings (SSSR count). The Kier molecular flexibility index (Phi) is 2.74. The molecule has 2 aromatic heterocycles. The average Bonchev–Trinajstić information content (AvgIpc) is 2.54. The molecule has 0 fully saturated rings. The first-order valence-electron chi connectivity index (χ1n) is 5.14. The van der Waals surface area contributed by atoms with Gasteiger partial charge in [-0.3, -0.25) is 9.55 Å². The van der Waals surface area contributed by atoms with Crippen molar-refractivity contribution in [3.8, 4) is 0 Å². The molecule has 2 aromatic rings. The van der Waals surface area contributed by atoms with E-state index in [1.54, 1.807) is 7.05 Å². The number of aromatic amines is 1. The molecule has 17 heavy (non-hydrogen) atoms. The minimum absolute atomic E-state index is 0.0197. The van der Waals surface area contributed by atoms with E-state index >= 15 is 0 Å². The molecule has 8 heteroatoms. The van der Waals surface area contributed by atoms with Crippen LogP contribution in [0.15, 0.2) is 16.1 Å². The molecule has 2 N–H and O–H groups in total. The van der Waals surface area contributed by atoms with Crippen LogP contribution in [0.4, 0.5) is 0 Å². The standard InChI is InChI=1S/C9H13N5O2S/c1-3-4-17(10,16)8-11-5-6-7(12-8)13-9(15)14(6)2/h5,10H,3-4H2,1-2H3,(H,11,12,13,15). The number of nitrogens with one attached hydrogen (secondary N) is 2. The van der Waals surface area contributed by atoms with Crippen LogP contribution < -0.4 is 5.69 Å². The van der Waals surface area contributed by atoms with E-state index < -0.39 is 9.73 Å². The number of rotatable bonds is 3. The average molecular weight is 255 g/mol. The van der Waals surface area contributed by atoms with Crippen LogP contribution in [-0.4, -0.2) is 29.5 Å². The van der Waals surface area contributed by atoms with E-state index in [1.807, 2.05) is 6.92 Å². The van der Waals surface area contributed by atoms with E-state index in [2.05, 4.69) is 15.0 Å². The molecule has 0 aliphatic rings. The van der Waals surface area contributed by atoms with Gasteiger partial charge >= 0.3 is 5.69 Å². The molecule has 0 aliphatic heterocycles. The van der Waals surface area contributed by atoms with Gasteiger partial charge in [0.15, 0.2) is 5.65 Å². The quantitative estimate of drug-likeness (QED) is 0.778. The first-order valence-corrected chi connectivity index (χ1v) is 6.86. The highest BCUT2D eigenvalue weighted by atomic mass is 32.2. The number of hydrogen-bond acceptors (Lipinski definition) is 5. The summed E-state index contributed by atoms with van der Waals surface area (Å²) in [6.07, 6.45) is 2.04. The molecule has 0 saturated carbocycles. The van der Waals surface area contributed by atoms with E-state index in [0.29, 0.717) is 17.6 Å². The van der Waals surface area contributed by atoms with Gasteiger partial charge in [-0.25, -0.2) is 18.8 Å². The summed E-state index contributed by atoms with van der Waals surface area (Å²) in [7, 11) is -1.37. The number of aromatic nitrogens is 4. The van der Waals surface area contributed by atoms with Crippen LogP contribution in [-0.2, 0) is 16.8 Å². The molecule has 0 amide bonds. The van der Waals surface area contributed by atoms with Crippen LogP contribution in [0.2, 0.25) is 0 Å². The van der Waals surface area contributed by atoms with E-state index in [1.165, 1.54) is 10.8 Å². The maximum absolute atomic E-state index is 12.0. The Labute approximate surface area is 97.9 Å². The zero-order valence-electron chi connectivity index (χ0n) is 9.56. The molecular formula is C9H13N5O2S. The monoisotopic (exact) mass is 255 g/mol. The normalized spacial score (nSPS) is 14.9. The van der Waals surface area contributed by atoms with Crippen molar-refractivity contribution in [1.82, 2.24) is 19.5 Å². The third kappa shape index (κ3) is 1.95.